The van der Waals surface area contributed by atoms with Gasteiger partial charge in [-0.05, 0) is 24.0 Å². The Kier molecular flexibility index (Phi) is 8.36. The van der Waals surface area contributed by atoms with Crippen LogP contribution in [0.25, 0.3) is 0 Å². The topological polar surface area (TPSA) is 78.4 Å². The lowest BCUT2D eigenvalue weighted by Gasteiger charge is -2.13. The van der Waals surface area contributed by atoms with Crippen molar-refractivity contribution in [3.63, 3.8) is 0 Å². The van der Waals surface area contributed by atoms with E-state index in [9.17, 15) is 14.7 Å². The molecule has 138 valence electrons. The van der Waals surface area contributed by atoms with Crippen LogP contribution in [0.2, 0.25) is 0 Å². The molecule has 2 aromatic rings. The Labute approximate surface area is 154 Å². The average Bonchev–Trinajstić information content (AvgIpc) is 2.69. The molecule has 0 spiro atoms. The van der Waals surface area contributed by atoms with Gasteiger partial charge in [0.1, 0.15) is 0 Å². The molecule has 26 heavy (non-hydrogen) atoms. The van der Waals surface area contributed by atoms with Gasteiger partial charge in [-0.3, -0.25) is 9.59 Å². The smallest absolute Gasteiger partial charge is 0.220 e. The predicted molar refractivity (Wildman–Crippen MR) is 102 cm³/mol. The van der Waals surface area contributed by atoms with Crippen LogP contribution in [0, 0.1) is 0 Å². The molecule has 0 heterocycles. The van der Waals surface area contributed by atoms with Crippen LogP contribution < -0.4 is 10.6 Å². The highest BCUT2D eigenvalue weighted by Crippen LogP contribution is 2.03. The molecule has 2 amide bonds. The number of hydrogen-bond acceptors (Lipinski definition) is 3. The van der Waals surface area contributed by atoms with Crippen LogP contribution in [0.4, 0.5) is 0 Å². The molecule has 0 unspecified atom stereocenters. The van der Waals surface area contributed by atoms with Gasteiger partial charge in [-0.15, -0.1) is 0 Å². The SMILES string of the molecule is O=C(CCc1ccccc1)NCC(O)CNC(=O)CCc1ccccc1. The minimum atomic E-state index is -0.795. The first-order valence-corrected chi connectivity index (χ1v) is 8.93. The van der Waals surface area contributed by atoms with Crippen molar-refractivity contribution in [2.24, 2.45) is 0 Å². The maximum Gasteiger partial charge on any atom is 0.220 e. The maximum absolute atomic E-state index is 11.8. The van der Waals surface area contributed by atoms with E-state index in [-0.39, 0.29) is 24.9 Å². The second-order valence-corrected chi connectivity index (χ2v) is 6.23. The fraction of sp³-hybridized carbons (Fsp3) is 0.333. The summed E-state index contributed by atoms with van der Waals surface area (Å²) in [6, 6.07) is 19.6. The standard InChI is InChI=1S/C21H26N2O3/c24-19(15-22-20(25)13-11-17-7-3-1-4-8-17)16-23-21(26)14-12-18-9-5-2-6-10-18/h1-10,19,24H,11-16H2,(H,22,25)(H,23,26). The second-order valence-electron chi connectivity index (χ2n) is 6.23. The quantitative estimate of drug-likeness (QED) is 0.609. The average molecular weight is 354 g/mol. The number of carbonyl (C=O) groups is 2. The first-order valence-electron chi connectivity index (χ1n) is 8.93. The molecule has 0 atom stereocenters. The molecule has 2 aromatic carbocycles. The molecular formula is C21H26N2O3. The highest BCUT2D eigenvalue weighted by molar-refractivity contribution is 5.76. The van der Waals surface area contributed by atoms with Crippen LogP contribution in [0.1, 0.15) is 24.0 Å². The molecule has 3 N–H and O–H groups in total. The van der Waals surface area contributed by atoms with Gasteiger partial charge in [0.25, 0.3) is 0 Å². The van der Waals surface area contributed by atoms with E-state index >= 15 is 0 Å². The molecule has 0 aromatic heterocycles. The summed E-state index contributed by atoms with van der Waals surface area (Å²) in [5.74, 6) is -0.216. The summed E-state index contributed by atoms with van der Waals surface area (Å²) >= 11 is 0. The van der Waals surface area contributed by atoms with E-state index < -0.39 is 6.10 Å². The van der Waals surface area contributed by atoms with Crippen molar-refractivity contribution in [1.82, 2.24) is 10.6 Å². The molecule has 0 saturated heterocycles. The van der Waals surface area contributed by atoms with Gasteiger partial charge in [0.2, 0.25) is 11.8 Å². The highest BCUT2D eigenvalue weighted by atomic mass is 16.3. The van der Waals surface area contributed by atoms with E-state index in [1.165, 1.54) is 0 Å². The molecule has 0 aliphatic heterocycles. The van der Waals surface area contributed by atoms with Crippen molar-refractivity contribution in [2.75, 3.05) is 13.1 Å². The zero-order valence-electron chi connectivity index (χ0n) is 14.9. The molecular weight excluding hydrogens is 328 g/mol. The minimum absolute atomic E-state index is 0.108. The highest BCUT2D eigenvalue weighted by Gasteiger charge is 2.09. The van der Waals surface area contributed by atoms with Gasteiger partial charge < -0.3 is 15.7 Å². The Balaban J connectivity index is 1.55. The van der Waals surface area contributed by atoms with E-state index in [2.05, 4.69) is 10.6 Å². The van der Waals surface area contributed by atoms with E-state index in [1.807, 2.05) is 60.7 Å². The number of rotatable bonds is 10. The third-order valence-electron chi connectivity index (χ3n) is 4.04. The Morgan fingerprint density at radius 2 is 1.12 bits per heavy atom. The van der Waals surface area contributed by atoms with Gasteiger partial charge in [0.15, 0.2) is 0 Å². The van der Waals surface area contributed by atoms with E-state index in [0.29, 0.717) is 25.7 Å². The van der Waals surface area contributed by atoms with Crippen molar-refractivity contribution < 1.29 is 14.7 Å². The normalized spacial score (nSPS) is 10.5. The second kappa shape index (κ2) is 11.1. The summed E-state index contributed by atoms with van der Waals surface area (Å²) in [4.78, 5) is 23.6. The van der Waals surface area contributed by atoms with Gasteiger partial charge in [-0.25, -0.2) is 0 Å². The van der Waals surface area contributed by atoms with Crippen molar-refractivity contribution in [1.29, 1.82) is 0 Å². The molecule has 0 radical (unpaired) electrons. The number of carbonyl (C=O) groups excluding carboxylic acids is 2. The predicted octanol–water partition coefficient (Wildman–Crippen LogP) is 1.85. The van der Waals surface area contributed by atoms with Crippen LogP contribution in [-0.4, -0.2) is 36.1 Å². The molecule has 5 nitrogen and oxygen atoms in total. The van der Waals surface area contributed by atoms with E-state index in [0.717, 1.165) is 11.1 Å². The Hall–Kier alpha value is -2.66. The number of aliphatic hydroxyl groups excluding tert-OH is 1. The molecule has 0 saturated carbocycles. The number of hydrogen-bond donors (Lipinski definition) is 3. The summed E-state index contributed by atoms with van der Waals surface area (Å²) in [6.07, 6.45) is 1.29. The Morgan fingerprint density at radius 1 is 0.731 bits per heavy atom. The molecule has 0 aliphatic carbocycles. The zero-order valence-corrected chi connectivity index (χ0v) is 14.9. The third-order valence-corrected chi connectivity index (χ3v) is 4.04. The van der Waals surface area contributed by atoms with Crippen molar-refractivity contribution in [3.05, 3.63) is 71.8 Å². The van der Waals surface area contributed by atoms with Crippen LogP contribution >= 0.6 is 0 Å². The molecule has 5 heteroatoms. The molecule has 0 fully saturated rings. The summed E-state index contributed by atoms with van der Waals surface area (Å²) in [5, 5.41) is 15.3. The number of benzene rings is 2. The van der Waals surface area contributed by atoms with Crippen LogP contribution in [0.3, 0.4) is 0 Å². The molecule has 0 bridgehead atoms. The van der Waals surface area contributed by atoms with Crippen LogP contribution in [-0.2, 0) is 22.4 Å². The summed E-state index contributed by atoms with van der Waals surface area (Å²) < 4.78 is 0. The zero-order chi connectivity index (χ0) is 18.6. The van der Waals surface area contributed by atoms with Crippen LogP contribution in [0.15, 0.2) is 60.7 Å². The first-order chi connectivity index (χ1) is 12.6. The summed E-state index contributed by atoms with van der Waals surface area (Å²) in [7, 11) is 0. The van der Waals surface area contributed by atoms with Gasteiger partial charge in [-0.2, -0.15) is 0 Å². The summed E-state index contributed by atoms with van der Waals surface area (Å²) in [6.45, 7) is 0.263. The Bertz CT molecular complexity index is 615. The van der Waals surface area contributed by atoms with Gasteiger partial charge in [0, 0.05) is 25.9 Å². The number of aryl methyl sites for hydroxylation is 2. The summed E-state index contributed by atoms with van der Waals surface area (Å²) in [5.41, 5.74) is 2.21. The van der Waals surface area contributed by atoms with Gasteiger partial charge >= 0.3 is 0 Å². The minimum Gasteiger partial charge on any atom is -0.389 e. The molecule has 2 rings (SSSR count). The number of amides is 2. The van der Waals surface area contributed by atoms with E-state index in [4.69, 9.17) is 0 Å². The van der Waals surface area contributed by atoms with Gasteiger partial charge in [0.05, 0.1) is 6.10 Å². The van der Waals surface area contributed by atoms with Gasteiger partial charge in [-0.1, -0.05) is 60.7 Å². The maximum atomic E-state index is 11.8. The fourth-order valence-corrected chi connectivity index (χ4v) is 2.52. The molecule has 0 aliphatic rings. The van der Waals surface area contributed by atoms with Crippen molar-refractivity contribution >= 4 is 11.8 Å². The largest absolute Gasteiger partial charge is 0.389 e. The lowest BCUT2D eigenvalue weighted by atomic mass is 10.1. The van der Waals surface area contributed by atoms with Crippen LogP contribution in [0.5, 0.6) is 0 Å². The Morgan fingerprint density at radius 3 is 1.50 bits per heavy atom. The fourth-order valence-electron chi connectivity index (χ4n) is 2.52. The number of aliphatic hydroxyl groups is 1. The van der Waals surface area contributed by atoms with Crippen molar-refractivity contribution in [3.8, 4) is 0 Å². The lowest BCUT2D eigenvalue weighted by Crippen LogP contribution is -2.40. The third kappa shape index (κ3) is 7.94. The monoisotopic (exact) mass is 354 g/mol. The lowest BCUT2D eigenvalue weighted by molar-refractivity contribution is -0.121. The van der Waals surface area contributed by atoms with Crippen molar-refractivity contribution in [2.45, 2.75) is 31.8 Å². The number of nitrogens with one attached hydrogen (secondary N) is 2. The first kappa shape index (κ1) is 19.7. The van der Waals surface area contributed by atoms with E-state index in [1.54, 1.807) is 0 Å².